The second kappa shape index (κ2) is 15.7. The summed E-state index contributed by atoms with van der Waals surface area (Å²) in [7, 11) is 0. The van der Waals surface area contributed by atoms with Gasteiger partial charge in [0.2, 0.25) is 11.8 Å². The average Bonchev–Trinajstić information content (AvgIpc) is 3.18. The summed E-state index contributed by atoms with van der Waals surface area (Å²) < 4.78 is 9.35. The van der Waals surface area contributed by atoms with Gasteiger partial charge in [-0.25, -0.2) is 0 Å². The van der Waals surface area contributed by atoms with Crippen LogP contribution in [0.3, 0.4) is 0 Å². The van der Waals surface area contributed by atoms with Crippen molar-refractivity contribution in [3.63, 3.8) is 0 Å². The van der Waals surface area contributed by atoms with Gasteiger partial charge < -0.3 is 19.5 Å². The number of thiazole rings is 1. The highest BCUT2D eigenvalue weighted by atomic mass is 32.1. The molecule has 1 aromatic carbocycles. The van der Waals surface area contributed by atoms with Crippen molar-refractivity contribution in [2.75, 3.05) is 25.0 Å². The molecule has 0 unspecified atom stereocenters. The van der Waals surface area contributed by atoms with Gasteiger partial charge >= 0.3 is 0 Å². The molecule has 0 aliphatic carbocycles. The van der Waals surface area contributed by atoms with Gasteiger partial charge in [-0.2, -0.15) is 0 Å². The number of rotatable bonds is 16. The fourth-order valence-electron chi connectivity index (χ4n) is 4.02. The minimum absolute atomic E-state index is 0.0518. The van der Waals surface area contributed by atoms with Crippen LogP contribution in [0.1, 0.15) is 92.9 Å². The van der Waals surface area contributed by atoms with Crippen molar-refractivity contribution < 1.29 is 14.3 Å². The maximum Gasteiger partial charge on any atom is 0.242 e. The fraction of sp³-hybridized carbons (Fsp3) is 0.679. The molecule has 7 nitrogen and oxygen atoms in total. The molecule has 0 spiro atoms. The summed E-state index contributed by atoms with van der Waals surface area (Å²) in [6, 6.07) is 3.94. The smallest absolute Gasteiger partial charge is 0.242 e. The summed E-state index contributed by atoms with van der Waals surface area (Å²) in [6.45, 7) is 14.7. The second-order valence-corrected chi connectivity index (χ2v) is 10.4. The molecule has 2 aromatic rings. The Labute approximate surface area is 220 Å². The van der Waals surface area contributed by atoms with Gasteiger partial charge in [-0.05, 0) is 38.2 Å². The van der Waals surface area contributed by atoms with Crippen LogP contribution < -0.4 is 14.9 Å². The Morgan fingerprint density at radius 3 is 2.22 bits per heavy atom. The number of anilines is 1. The number of hydrogen-bond acceptors (Lipinski definition) is 5. The van der Waals surface area contributed by atoms with Crippen LogP contribution in [0.25, 0.3) is 10.2 Å². The fourth-order valence-corrected chi connectivity index (χ4v) is 5.09. The van der Waals surface area contributed by atoms with E-state index in [1.165, 1.54) is 6.92 Å². The lowest BCUT2D eigenvalue weighted by atomic mass is 10.2. The van der Waals surface area contributed by atoms with Crippen molar-refractivity contribution >= 4 is 39.1 Å². The highest BCUT2D eigenvalue weighted by Crippen LogP contribution is 2.33. The Morgan fingerprint density at radius 2 is 1.67 bits per heavy atom. The van der Waals surface area contributed by atoms with Crippen molar-refractivity contribution in [2.45, 2.75) is 106 Å². The van der Waals surface area contributed by atoms with Gasteiger partial charge in [-0.3, -0.25) is 14.6 Å². The Bertz CT molecular complexity index is 1030. The molecule has 8 heteroatoms. The van der Waals surface area contributed by atoms with Crippen molar-refractivity contribution in [1.29, 1.82) is 0 Å². The van der Waals surface area contributed by atoms with Crippen LogP contribution >= 0.6 is 11.3 Å². The zero-order chi connectivity index (χ0) is 26.5. The van der Waals surface area contributed by atoms with E-state index in [9.17, 15) is 9.59 Å². The lowest BCUT2D eigenvalue weighted by Gasteiger charge is -2.23. The predicted octanol–water partition coefficient (Wildman–Crippen LogP) is 6.36. The third-order valence-electron chi connectivity index (χ3n) is 6.27. The van der Waals surface area contributed by atoms with E-state index in [-0.39, 0.29) is 24.5 Å². The number of nitrogens with zero attached hydrogens (tertiary/aromatic N) is 3. The molecule has 0 fully saturated rings. The molecular weight excluding hydrogens is 472 g/mol. The average molecular weight is 519 g/mol. The van der Waals surface area contributed by atoms with Crippen molar-refractivity contribution in [1.82, 2.24) is 9.47 Å². The summed E-state index contributed by atoms with van der Waals surface area (Å²) in [6.07, 6.45) is 7.99. The lowest BCUT2D eigenvalue weighted by molar-refractivity contribution is -0.132. The molecule has 0 saturated heterocycles. The largest absolute Gasteiger partial charge is 0.488 e. The molecule has 36 heavy (non-hydrogen) atoms. The minimum Gasteiger partial charge on any atom is -0.488 e. The summed E-state index contributed by atoms with van der Waals surface area (Å²) in [5, 5.41) is 2.93. The summed E-state index contributed by atoms with van der Waals surface area (Å²) >= 11 is 1.56. The highest BCUT2D eigenvalue weighted by Gasteiger charge is 2.19. The number of fused-ring (bicyclic) bond motifs is 1. The Hall–Kier alpha value is -2.35. The molecule has 1 heterocycles. The SMILES string of the molecule is CCCCN=c1sc2cc(NC(C)=O)c(OC(CC)CC)cc2n1CC(=O)N(CCCC)CCCC. The van der Waals surface area contributed by atoms with Crippen molar-refractivity contribution in [3.8, 4) is 5.75 Å². The minimum atomic E-state index is -0.140. The van der Waals surface area contributed by atoms with Gasteiger partial charge in [-0.15, -0.1) is 0 Å². The Morgan fingerprint density at radius 1 is 1.03 bits per heavy atom. The quantitative estimate of drug-likeness (QED) is 0.263. The van der Waals surface area contributed by atoms with E-state index >= 15 is 0 Å². The first-order valence-electron chi connectivity index (χ1n) is 13.8. The first kappa shape index (κ1) is 29.9. The number of amides is 2. The molecule has 2 amide bonds. The lowest BCUT2D eigenvalue weighted by Crippen LogP contribution is -2.37. The van der Waals surface area contributed by atoms with Gasteiger partial charge in [0.1, 0.15) is 12.3 Å². The standard InChI is InChI=1S/C28H46N4O3S/c1-7-12-15-29-28-32(20-27(34)31(16-13-8-2)17-14-9-3)24-19-25(35-22(10-4)11-5)23(30-21(6)33)18-26(24)36-28/h18-19,22H,7-17,20H2,1-6H3,(H,30,33). The third-order valence-corrected chi connectivity index (χ3v) is 7.35. The Kier molecular flexibility index (Phi) is 13.0. The molecule has 0 atom stereocenters. The second-order valence-electron chi connectivity index (χ2n) is 9.35. The van der Waals surface area contributed by atoms with E-state index in [2.05, 4.69) is 39.9 Å². The number of nitrogens with one attached hydrogen (secondary N) is 1. The molecule has 1 aromatic heterocycles. The third kappa shape index (κ3) is 8.64. The number of hydrogen-bond donors (Lipinski definition) is 1. The molecule has 1 N–H and O–H groups in total. The van der Waals surface area contributed by atoms with E-state index in [4.69, 9.17) is 9.73 Å². The number of benzene rings is 1. The van der Waals surface area contributed by atoms with Crippen LogP contribution in [0, 0.1) is 0 Å². The highest BCUT2D eigenvalue weighted by molar-refractivity contribution is 7.16. The number of aromatic nitrogens is 1. The predicted molar refractivity (Wildman–Crippen MR) is 151 cm³/mol. The van der Waals surface area contributed by atoms with Gasteiger partial charge in [0, 0.05) is 32.6 Å². The molecule has 0 aliphatic rings. The van der Waals surface area contributed by atoms with Gasteiger partial charge in [-0.1, -0.05) is 65.2 Å². The summed E-state index contributed by atoms with van der Waals surface area (Å²) in [5.74, 6) is 0.625. The van der Waals surface area contributed by atoms with Gasteiger partial charge in [0.15, 0.2) is 4.80 Å². The van der Waals surface area contributed by atoms with Crippen LogP contribution in [-0.4, -0.2) is 47.0 Å². The molecule has 0 saturated carbocycles. The number of unbranched alkanes of at least 4 members (excludes halogenated alkanes) is 3. The summed E-state index contributed by atoms with van der Waals surface area (Å²) in [5.41, 5.74) is 1.58. The van der Waals surface area contributed by atoms with E-state index in [1.54, 1.807) is 11.3 Å². The monoisotopic (exact) mass is 518 g/mol. The molecule has 0 aliphatic heterocycles. The van der Waals surface area contributed by atoms with Crippen molar-refractivity contribution in [2.24, 2.45) is 4.99 Å². The number of carbonyl (C=O) groups excluding carboxylic acids is 2. The topological polar surface area (TPSA) is 75.9 Å². The van der Waals surface area contributed by atoms with Crippen LogP contribution in [0.15, 0.2) is 17.1 Å². The van der Waals surface area contributed by atoms with E-state index in [0.29, 0.717) is 11.4 Å². The molecule has 0 radical (unpaired) electrons. The zero-order valence-corrected chi connectivity index (χ0v) is 24.0. The van der Waals surface area contributed by atoms with Crippen LogP contribution in [0.4, 0.5) is 5.69 Å². The number of carbonyl (C=O) groups is 2. The van der Waals surface area contributed by atoms with E-state index in [0.717, 1.165) is 86.0 Å². The van der Waals surface area contributed by atoms with Crippen LogP contribution in [0.2, 0.25) is 0 Å². The normalized spacial score (nSPS) is 11.9. The maximum atomic E-state index is 13.5. The van der Waals surface area contributed by atoms with Crippen LogP contribution in [0.5, 0.6) is 5.75 Å². The molecule has 0 bridgehead atoms. The summed E-state index contributed by atoms with van der Waals surface area (Å²) in [4.78, 5) is 33.1. The van der Waals surface area contributed by atoms with E-state index < -0.39 is 0 Å². The molecule has 2 rings (SSSR count). The van der Waals surface area contributed by atoms with Crippen molar-refractivity contribution in [3.05, 3.63) is 16.9 Å². The molecular formula is C28H46N4O3S. The van der Waals surface area contributed by atoms with Crippen LogP contribution in [-0.2, 0) is 16.1 Å². The van der Waals surface area contributed by atoms with Gasteiger partial charge in [0.25, 0.3) is 0 Å². The maximum absolute atomic E-state index is 13.5. The zero-order valence-electron chi connectivity index (χ0n) is 23.2. The first-order valence-corrected chi connectivity index (χ1v) is 14.6. The van der Waals surface area contributed by atoms with Gasteiger partial charge in [0.05, 0.1) is 22.0 Å². The Balaban J connectivity index is 2.59. The number of ether oxygens (including phenoxy) is 1. The first-order chi connectivity index (χ1) is 17.4. The van der Waals surface area contributed by atoms with E-state index in [1.807, 2.05) is 21.6 Å². The molecule has 202 valence electrons.